The van der Waals surface area contributed by atoms with Crippen molar-refractivity contribution in [2.45, 2.75) is 19.3 Å². The smallest absolute Gasteiger partial charge is 0.305 e. The third-order valence-corrected chi connectivity index (χ3v) is 1.56. The summed E-state index contributed by atoms with van der Waals surface area (Å²) in [5, 5.41) is 2.97. The number of methoxy groups -OCH3 is 1. The third-order valence-electron chi connectivity index (χ3n) is 1.56. The van der Waals surface area contributed by atoms with Crippen LogP contribution in [0.1, 0.15) is 19.3 Å². The third kappa shape index (κ3) is 9.30. The molecule has 0 bridgehead atoms. The molecule has 0 aromatic carbocycles. The highest BCUT2D eigenvalue weighted by atomic mass is 16.5. The summed E-state index contributed by atoms with van der Waals surface area (Å²) in [5.74, 6) is -0.119. The van der Waals surface area contributed by atoms with Crippen LogP contribution in [0.3, 0.4) is 0 Å². The second kappa shape index (κ2) is 9.48. The van der Waals surface area contributed by atoms with Gasteiger partial charge in [-0.1, -0.05) is 0 Å². The minimum Gasteiger partial charge on any atom is -0.466 e. The quantitative estimate of drug-likeness (QED) is 0.448. The Morgan fingerprint density at radius 3 is 2.69 bits per heavy atom. The molecule has 0 saturated carbocycles. The van der Waals surface area contributed by atoms with Gasteiger partial charge in [-0.2, -0.15) is 0 Å². The maximum atomic E-state index is 11.0. The first-order chi connectivity index (χ1) is 6.31. The Balaban J connectivity index is 3.11. The van der Waals surface area contributed by atoms with E-state index in [-0.39, 0.29) is 5.97 Å². The molecule has 78 valence electrons. The minimum atomic E-state index is -0.119. The lowest BCUT2D eigenvalue weighted by atomic mass is 10.3. The highest BCUT2D eigenvalue weighted by Crippen LogP contribution is 1.92. The number of nitrogens with one attached hydrogen (secondary N) is 1. The van der Waals surface area contributed by atoms with Crippen molar-refractivity contribution in [3.05, 3.63) is 0 Å². The first-order valence-electron chi connectivity index (χ1n) is 4.60. The molecule has 0 aromatic heterocycles. The summed E-state index contributed by atoms with van der Waals surface area (Å²) in [5.41, 5.74) is 0. The average Bonchev–Trinajstić information content (AvgIpc) is 2.13. The van der Waals surface area contributed by atoms with Crippen molar-refractivity contribution in [3.8, 4) is 0 Å². The molecule has 4 nitrogen and oxygen atoms in total. The zero-order valence-corrected chi connectivity index (χ0v) is 8.47. The van der Waals surface area contributed by atoms with E-state index in [0.717, 1.165) is 19.4 Å². The van der Waals surface area contributed by atoms with E-state index in [1.165, 1.54) is 0 Å². The lowest BCUT2D eigenvalue weighted by Crippen LogP contribution is -2.12. The van der Waals surface area contributed by atoms with Crippen LogP contribution in [0.15, 0.2) is 0 Å². The molecule has 1 N–H and O–H groups in total. The van der Waals surface area contributed by atoms with Gasteiger partial charge in [0.25, 0.3) is 0 Å². The van der Waals surface area contributed by atoms with Gasteiger partial charge >= 0.3 is 5.97 Å². The first kappa shape index (κ1) is 12.4. The van der Waals surface area contributed by atoms with Crippen molar-refractivity contribution in [3.63, 3.8) is 0 Å². The van der Waals surface area contributed by atoms with E-state index in [2.05, 4.69) is 5.32 Å². The fourth-order valence-corrected chi connectivity index (χ4v) is 0.871. The molecule has 0 saturated heterocycles. The molecule has 0 amide bonds. The molecule has 0 aliphatic rings. The van der Waals surface area contributed by atoms with Crippen LogP contribution in [0, 0.1) is 0 Å². The summed E-state index contributed by atoms with van der Waals surface area (Å²) in [7, 11) is 3.50. The van der Waals surface area contributed by atoms with E-state index in [1.807, 2.05) is 7.05 Å². The van der Waals surface area contributed by atoms with Gasteiger partial charge < -0.3 is 14.8 Å². The predicted molar refractivity (Wildman–Crippen MR) is 50.6 cm³/mol. The van der Waals surface area contributed by atoms with Crippen LogP contribution in [-0.4, -0.2) is 39.9 Å². The highest BCUT2D eigenvalue weighted by molar-refractivity contribution is 5.69. The number of carbonyl (C=O) groups excluding carboxylic acids is 1. The molecule has 0 atom stereocenters. The van der Waals surface area contributed by atoms with Crippen molar-refractivity contribution in [1.82, 2.24) is 5.32 Å². The number of hydrogen-bond donors (Lipinski definition) is 1. The predicted octanol–water partition coefficient (Wildman–Crippen LogP) is 0.566. The Morgan fingerprint density at radius 1 is 1.31 bits per heavy atom. The Morgan fingerprint density at radius 2 is 2.08 bits per heavy atom. The first-order valence-corrected chi connectivity index (χ1v) is 4.60. The van der Waals surface area contributed by atoms with Gasteiger partial charge in [0, 0.05) is 26.6 Å². The molecular formula is C9H19NO3. The van der Waals surface area contributed by atoms with E-state index in [0.29, 0.717) is 19.6 Å². The molecule has 0 radical (unpaired) electrons. The molecule has 0 heterocycles. The second-order valence-electron chi connectivity index (χ2n) is 2.77. The Hall–Kier alpha value is -0.610. The maximum absolute atomic E-state index is 11.0. The fraction of sp³-hybridized carbons (Fsp3) is 0.889. The molecule has 4 heteroatoms. The molecule has 0 aromatic rings. The average molecular weight is 189 g/mol. The molecule has 0 fully saturated rings. The van der Waals surface area contributed by atoms with E-state index in [9.17, 15) is 4.79 Å². The van der Waals surface area contributed by atoms with Gasteiger partial charge in [-0.15, -0.1) is 0 Å². The van der Waals surface area contributed by atoms with E-state index in [1.54, 1.807) is 7.11 Å². The monoisotopic (exact) mass is 189 g/mol. The molecule has 0 aliphatic heterocycles. The number of carbonyl (C=O) groups is 1. The Kier molecular flexibility index (Phi) is 9.03. The van der Waals surface area contributed by atoms with Crippen molar-refractivity contribution in [1.29, 1.82) is 0 Å². The summed E-state index contributed by atoms with van der Waals surface area (Å²) in [6, 6.07) is 0. The molecule has 0 rings (SSSR count). The van der Waals surface area contributed by atoms with Gasteiger partial charge in [0.2, 0.25) is 0 Å². The van der Waals surface area contributed by atoms with Gasteiger partial charge in [-0.05, 0) is 20.0 Å². The normalized spacial score (nSPS) is 10.0. The minimum absolute atomic E-state index is 0.119. The van der Waals surface area contributed by atoms with Crippen LogP contribution in [0.4, 0.5) is 0 Å². The Labute approximate surface area is 79.6 Å². The van der Waals surface area contributed by atoms with Gasteiger partial charge in [0.1, 0.15) is 0 Å². The molecule has 0 aliphatic carbocycles. The largest absolute Gasteiger partial charge is 0.466 e. The number of hydrogen-bond acceptors (Lipinski definition) is 4. The molecule has 13 heavy (non-hydrogen) atoms. The maximum Gasteiger partial charge on any atom is 0.305 e. The van der Waals surface area contributed by atoms with Crippen LogP contribution < -0.4 is 5.32 Å². The standard InChI is InChI=1S/C9H19NO3/c1-10-6-3-5-9(11)13-8-4-7-12-2/h10H,3-8H2,1-2H3. The summed E-state index contributed by atoms with van der Waals surface area (Å²) in [6.45, 7) is 1.96. The van der Waals surface area contributed by atoms with Crippen LogP contribution in [0.25, 0.3) is 0 Å². The summed E-state index contributed by atoms with van der Waals surface area (Å²) >= 11 is 0. The fourth-order valence-electron chi connectivity index (χ4n) is 0.871. The SMILES string of the molecule is CNCCCC(=O)OCCCOC. The summed E-state index contributed by atoms with van der Waals surface area (Å²) in [6.07, 6.45) is 2.10. The van der Waals surface area contributed by atoms with Crippen LogP contribution >= 0.6 is 0 Å². The van der Waals surface area contributed by atoms with E-state index >= 15 is 0 Å². The van der Waals surface area contributed by atoms with Crippen molar-refractivity contribution < 1.29 is 14.3 Å². The van der Waals surface area contributed by atoms with Gasteiger partial charge in [-0.3, -0.25) is 4.79 Å². The summed E-state index contributed by atoms with van der Waals surface area (Å²) < 4.78 is 9.76. The van der Waals surface area contributed by atoms with Crippen LogP contribution in [0.2, 0.25) is 0 Å². The van der Waals surface area contributed by atoms with E-state index in [4.69, 9.17) is 9.47 Å². The number of esters is 1. The van der Waals surface area contributed by atoms with Gasteiger partial charge in [0.05, 0.1) is 6.61 Å². The number of ether oxygens (including phenoxy) is 2. The molecule has 0 spiro atoms. The lowest BCUT2D eigenvalue weighted by molar-refractivity contribution is -0.144. The highest BCUT2D eigenvalue weighted by Gasteiger charge is 2.00. The zero-order valence-electron chi connectivity index (χ0n) is 8.47. The van der Waals surface area contributed by atoms with Crippen LogP contribution in [0.5, 0.6) is 0 Å². The van der Waals surface area contributed by atoms with Crippen molar-refractivity contribution in [2.24, 2.45) is 0 Å². The lowest BCUT2D eigenvalue weighted by Gasteiger charge is -2.03. The van der Waals surface area contributed by atoms with E-state index < -0.39 is 0 Å². The molecular weight excluding hydrogens is 170 g/mol. The van der Waals surface area contributed by atoms with Gasteiger partial charge in [-0.25, -0.2) is 0 Å². The van der Waals surface area contributed by atoms with Crippen LogP contribution in [-0.2, 0) is 14.3 Å². The van der Waals surface area contributed by atoms with Crippen molar-refractivity contribution >= 4 is 5.97 Å². The molecule has 0 unspecified atom stereocenters. The van der Waals surface area contributed by atoms with Crippen molar-refractivity contribution in [2.75, 3.05) is 33.9 Å². The Bertz CT molecular complexity index is 128. The zero-order chi connectivity index (χ0) is 9.94. The number of rotatable bonds is 8. The summed E-state index contributed by atoms with van der Waals surface area (Å²) in [4.78, 5) is 11.0. The topological polar surface area (TPSA) is 47.6 Å². The van der Waals surface area contributed by atoms with Gasteiger partial charge in [0.15, 0.2) is 0 Å². The second-order valence-corrected chi connectivity index (χ2v) is 2.77.